The van der Waals surface area contributed by atoms with E-state index >= 15 is 0 Å². The van der Waals surface area contributed by atoms with Crippen LogP contribution in [0.2, 0.25) is 0 Å². The van der Waals surface area contributed by atoms with Gasteiger partial charge < -0.3 is 4.74 Å². The second-order valence-electron chi connectivity index (χ2n) is 3.33. The van der Waals surface area contributed by atoms with Gasteiger partial charge in [-0.3, -0.25) is 0 Å². The quantitative estimate of drug-likeness (QED) is 0.485. The first-order valence-corrected chi connectivity index (χ1v) is 3.81. The van der Waals surface area contributed by atoms with E-state index in [0.717, 1.165) is 18.4 Å². The Balaban J connectivity index is 2.35. The minimum absolute atomic E-state index is 0.496. The fraction of sp³-hybridized carbons (Fsp3) is 1.00. The molecule has 0 aliphatic carbocycles. The number of hydrogen-bond acceptors (Lipinski definition) is 1. The summed E-state index contributed by atoms with van der Waals surface area (Å²) in [6, 6.07) is 0. The van der Waals surface area contributed by atoms with Crippen LogP contribution in [0.15, 0.2) is 0 Å². The summed E-state index contributed by atoms with van der Waals surface area (Å²) in [5, 5.41) is 0. The van der Waals surface area contributed by atoms with Gasteiger partial charge in [-0.1, -0.05) is 13.8 Å². The standard InChI is InChI=1S/C8H16O/c1-6-4-8(3)9-5-7(6)2/h6-8H,4-5H2,1-3H3/t6-,7+,8?/m0/s1. The van der Waals surface area contributed by atoms with Crippen molar-refractivity contribution in [2.45, 2.75) is 33.3 Å². The van der Waals surface area contributed by atoms with Gasteiger partial charge in [0.2, 0.25) is 0 Å². The monoisotopic (exact) mass is 128 g/mol. The van der Waals surface area contributed by atoms with Crippen LogP contribution < -0.4 is 0 Å². The zero-order valence-corrected chi connectivity index (χ0v) is 6.55. The molecule has 1 aliphatic rings. The summed E-state index contributed by atoms with van der Waals surface area (Å²) in [5.41, 5.74) is 0. The van der Waals surface area contributed by atoms with E-state index < -0.39 is 0 Å². The molecule has 9 heavy (non-hydrogen) atoms. The maximum Gasteiger partial charge on any atom is 0.0549 e. The molecule has 0 radical (unpaired) electrons. The van der Waals surface area contributed by atoms with E-state index in [9.17, 15) is 0 Å². The Bertz CT molecular complexity index is 90.6. The third-order valence-electron chi connectivity index (χ3n) is 2.32. The van der Waals surface area contributed by atoms with Crippen molar-refractivity contribution in [3.05, 3.63) is 0 Å². The highest BCUT2D eigenvalue weighted by atomic mass is 16.5. The van der Waals surface area contributed by atoms with E-state index in [2.05, 4.69) is 20.8 Å². The molecule has 0 aromatic carbocycles. The Morgan fingerprint density at radius 3 is 2.22 bits per heavy atom. The zero-order chi connectivity index (χ0) is 6.85. The maximum absolute atomic E-state index is 5.46. The average molecular weight is 128 g/mol. The molecule has 0 bridgehead atoms. The Morgan fingerprint density at radius 2 is 1.78 bits per heavy atom. The van der Waals surface area contributed by atoms with Crippen molar-refractivity contribution >= 4 is 0 Å². The molecule has 0 saturated carbocycles. The lowest BCUT2D eigenvalue weighted by atomic mass is 9.89. The smallest absolute Gasteiger partial charge is 0.0549 e. The number of ether oxygens (including phenoxy) is 1. The molecule has 1 rings (SSSR count). The van der Waals surface area contributed by atoms with E-state index in [1.807, 2.05) is 0 Å². The zero-order valence-electron chi connectivity index (χ0n) is 6.55. The van der Waals surface area contributed by atoms with Crippen LogP contribution in [0.4, 0.5) is 0 Å². The topological polar surface area (TPSA) is 9.23 Å². The van der Waals surface area contributed by atoms with Crippen LogP contribution in [0.3, 0.4) is 0 Å². The summed E-state index contributed by atoms with van der Waals surface area (Å²) in [6.07, 6.45) is 1.73. The molecule has 1 unspecified atom stereocenters. The highest BCUT2D eigenvalue weighted by Gasteiger charge is 2.21. The van der Waals surface area contributed by atoms with E-state index in [-0.39, 0.29) is 0 Å². The number of rotatable bonds is 0. The molecular formula is C8H16O. The van der Waals surface area contributed by atoms with Crippen molar-refractivity contribution in [3.8, 4) is 0 Å². The molecule has 1 heterocycles. The highest BCUT2D eigenvalue weighted by molar-refractivity contribution is 4.70. The normalized spacial score (nSPS) is 45.0. The lowest BCUT2D eigenvalue weighted by molar-refractivity contribution is -0.0263. The fourth-order valence-corrected chi connectivity index (χ4v) is 1.30. The summed E-state index contributed by atoms with van der Waals surface area (Å²) >= 11 is 0. The molecule has 1 aliphatic heterocycles. The summed E-state index contributed by atoms with van der Waals surface area (Å²) in [5.74, 6) is 1.62. The van der Waals surface area contributed by atoms with E-state index in [1.54, 1.807) is 0 Å². The third kappa shape index (κ3) is 1.68. The molecule has 3 atom stereocenters. The van der Waals surface area contributed by atoms with Crippen molar-refractivity contribution in [2.24, 2.45) is 11.8 Å². The summed E-state index contributed by atoms with van der Waals surface area (Å²) in [7, 11) is 0. The van der Waals surface area contributed by atoms with Crippen LogP contribution in [0.5, 0.6) is 0 Å². The Labute approximate surface area is 57.4 Å². The van der Waals surface area contributed by atoms with Gasteiger partial charge in [-0.2, -0.15) is 0 Å². The minimum Gasteiger partial charge on any atom is -0.378 e. The molecular weight excluding hydrogens is 112 g/mol. The molecule has 0 amide bonds. The lowest BCUT2D eigenvalue weighted by Crippen LogP contribution is -2.28. The summed E-state index contributed by atoms with van der Waals surface area (Å²) in [4.78, 5) is 0. The van der Waals surface area contributed by atoms with E-state index in [1.165, 1.54) is 6.42 Å². The molecule has 1 saturated heterocycles. The molecule has 1 fully saturated rings. The van der Waals surface area contributed by atoms with Crippen LogP contribution >= 0.6 is 0 Å². The molecule has 0 aromatic heterocycles. The van der Waals surface area contributed by atoms with Crippen molar-refractivity contribution in [3.63, 3.8) is 0 Å². The minimum atomic E-state index is 0.496. The highest BCUT2D eigenvalue weighted by Crippen LogP contribution is 2.23. The van der Waals surface area contributed by atoms with Gasteiger partial charge >= 0.3 is 0 Å². The maximum atomic E-state index is 5.46. The molecule has 1 nitrogen and oxygen atoms in total. The van der Waals surface area contributed by atoms with Gasteiger partial charge in [0.05, 0.1) is 6.10 Å². The molecule has 54 valence electrons. The van der Waals surface area contributed by atoms with Crippen LogP contribution in [0.1, 0.15) is 27.2 Å². The first-order valence-electron chi connectivity index (χ1n) is 3.81. The van der Waals surface area contributed by atoms with Gasteiger partial charge in [0, 0.05) is 6.61 Å². The van der Waals surface area contributed by atoms with Gasteiger partial charge in [0.25, 0.3) is 0 Å². The summed E-state index contributed by atoms with van der Waals surface area (Å²) in [6.45, 7) is 7.69. The largest absolute Gasteiger partial charge is 0.378 e. The summed E-state index contributed by atoms with van der Waals surface area (Å²) < 4.78 is 5.46. The predicted molar refractivity (Wildman–Crippen MR) is 38.4 cm³/mol. The second-order valence-corrected chi connectivity index (χ2v) is 3.33. The first-order chi connectivity index (χ1) is 4.20. The van der Waals surface area contributed by atoms with Crippen LogP contribution in [0, 0.1) is 11.8 Å². The van der Waals surface area contributed by atoms with Crippen molar-refractivity contribution in [2.75, 3.05) is 6.61 Å². The first kappa shape index (κ1) is 7.07. The van der Waals surface area contributed by atoms with Crippen LogP contribution in [-0.2, 0) is 4.74 Å². The Hall–Kier alpha value is -0.0400. The van der Waals surface area contributed by atoms with E-state index in [4.69, 9.17) is 4.74 Å². The van der Waals surface area contributed by atoms with E-state index in [0.29, 0.717) is 6.10 Å². The third-order valence-corrected chi connectivity index (χ3v) is 2.32. The lowest BCUT2D eigenvalue weighted by Gasteiger charge is -2.30. The van der Waals surface area contributed by atoms with Crippen molar-refractivity contribution in [1.82, 2.24) is 0 Å². The Morgan fingerprint density at radius 1 is 1.11 bits per heavy atom. The van der Waals surface area contributed by atoms with Crippen molar-refractivity contribution in [1.29, 1.82) is 0 Å². The van der Waals surface area contributed by atoms with Gasteiger partial charge in [0.15, 0.2) is 0 Å². The van der Waals surface area contributed by atoms with Crippen LogP contribution in [-0.4, -0.2) is 12.7 Å². The fourth-order valence-electron chi connectivity index (χ4n) is 1.30. The average Bonchev–Trinajstić information content (AvgIpc) is 1.80. The van der Waals surface area contributed by atoms with Crippen LogP contribution in [0.25, 0.3) is 0 Å². The predicted octanol–water partition coefficient (Wildman–Crippen LogP) is 2.07. The van der Waals surface area contributed by atoms with Gasteiger partial charge in [-0.15, -0.1) is 0 Å². The number of hydrogen-bond donors (Lipinski definition) is 0. The molecule has 1 heteroatoms. The van der Waals surface area contributed by atoms with Gasteiger partial charge in [-0.05, 0) is 25.2 Å². The van der Waals surface area contributed by atoms with Gasteiger partial charge in [0.1, 0.15) is 0 Å². The molecule has 0 spiro atoms. The van der Waals surface area contributed by atoms with Gasteiger partial charge in [-0.25, -0.2) is 0 Å². The SMILES string of the molecule is CC1C[C@H](C)[C@H](C)CO1. The second kappa shape index (κ2) is 2.70. The van der Waals surface area contributed by atoms with Crippen molar-refractivity contribution < 1.29 is 4.74 Å². The molecule has 0 aromatic rings. The molecule has 0 N–H and O–H groups in total. The Kier molecular flexibility index (Phi) is 2.12.